The van der Waals surface area contributed by atoms with Crippen LogP contribution in [-0.4, -0.2) is 42.1 Å². The highest BCUT2D eigenvalue weighted by atomic mass is 19.1. The van der Waals surface area contributed by atoms with E-state index in [4.69, 9.17) is 5.73 Å². The molecule has 0 unspecified atom stereocenters. The zero-order valence-corrected chi connectivity index (χ0v) is 14.9. The van der Waals surface area contributed by atoms with Gasteiger partial charge in [0, 0.05) is 25.3 Å². The van der Waals surface area contributed by atoms with E-state index < -0.39 is 22.9 Å². The van der Waals surface area contributed by atoms with Gasteiger partial charge in [-0.3, -0.25) is 9.59 Å². The van der Waals surface area contributed by atoms with Crippen LogP contribution in [0.4, 0.5) is 10.2 Å². The largest absolute Gasteiger partial charge is 0.369 e. The lowest BCUT2D eigenvalue weighted by molar-refractivity contribution is -0.132. The molecule has 2 amide bonds. The highest BCUT2D eigenvalue weighted by Gasteiger charge is 2.53. The Kier molecular flexibility index (Phi) is 4.34. The summed E-state index contributed by atoms with van der Waals surface area (Å²) in [5.74, 6) is -0.725. The molecule has 2 heterocycles. The second-order valence-electron chi connectivity index (χ2n) is 7.24. The summed E-state index contributed by atoms with van der Waals surface area (Å²) in [5, 5.41) is 11.9. The molecule has 138 valence electrons. The summed E-state index contributed by atoms with van der Waals surface area (Å²) in [6.07, 6.45) is 1.16. The van der Waals surface area contributed by atoms with Gasteiger partial charge in [-0.15, -0.1) is 0 Å². The van der Waals surface area contributed by atoms with E-state index in [1.165, 1.54) is 0 Å². The number of nitrogens with one attached hydrogen (secondary N) is 1. The van der Waals surface area contributed by atoms with Crippen molar-refractivity contribution in [1.82, 2.24) is 10.3 Å². The zero-order valence-electron chi connectivity index (χ0n) is 14.9. The number of halogens is 1. The highest BCUT2D eigenvalue weighted by molar-refractivity contribution is 5.90. The summed E-state index contributed by atoms with van der Waals surface area (Å²) < 4.78 is 13.8. The van der Waals surface area contributed by atoms with Crippen LogP contribution in [-0.2, 0) is 16.0 Å². The van der Waals surface area contributed by atoms with E-state index in [0.29, 0.717) is 11.4 Å². The van der Waals surface area contributed by atoms with Crippen LogP contribution in [0.2, 0.25) is 0 Å². The smallest absolute Gasteiger partial charge is 0.257 e. The monoisotopic (exact) mass is 359 g/mol. The van der Waals surface area contributed by atoms with Gasteiger partial charge in [0.15, 0.2) is 5.67 Å². The fourth-order valence-corrected chi connectivity index (χ4v) is 3.26. The fraction of sp³-hybridized carbons (Fsp3) is 0.556. The predicted molar refractivity (Wildman–Crippen MR) is 93.0 cm³/mol. The van der Waals surface area contributed by atoms with Crippen LogP contribution in [0.25, 0.3) is 0 Å². The molecular formula is C18H22FN5O2. The van der Waals surface area contributed by atoms with Crippen molar-refractivity contribution in [3.63, 3.8) is 0 Å². The van der Waals surface area contributed by atoms with Crippen LogP contribution in [0.1, 0.15) is 36.6 Å². The van der Waals surface area contributed by atoms with E-state index in [1.807, 2.05) is 13.8 Å². The molecule has 1 saturated carbocycles. The summed E-state index contributed by atoms with van der Waals surface area (Å²) in [5.41, 5.74) is 5.03. The van der Waals surface area contributed by atoms with E-state index in [-0.39, 0.29) is 32.5 Å². The lowest BCUT2D eigenvalue weighted by atomic mass is 9.78. The molecule has 7 nitrogen and oxygen atoms in total. The topological polar surface area (TPSA) is 112 Å². The Hall–Kier alpha value is -2.69. The number of nitrogens with two attached hydrogens (primary N) is 1. The Balaban J connectivity index is 1.75. The highest BCUT2D eigenvalue weighted by Crippen LogP contribution is 2.40. The second kappa shape index (κ2) is 6.24. The molecule has 0 atom stereocenters. The maximum Gasteiger partial charge on any atom is 0.257 e. The summed E-state index contributed by atoms with van der Waals surface area (Å²) >= 11 is 0. The van der Waals surface area contributed by atoms with Crippen molar-refractivity contribution in [2.24, 2.45) is 11.1 Å². The van der Waals surface area contributed by atoms with Gasteiger partial charge in [-0.2, -0.15) is 5.26 Å². The molecule has 0 bridgehead atoms. The molecule has 8 heteroatoms. The summed E-state index contributed by atoms with van der Waals surface area (Å²) in [6, 6.07) is 3.92. The Morgan fingerprint density at radius 3 is 2.62 bits per heavy atom. The van der Waals surface area contributed by atoms with Gasteiger partial charge in [-0.05, 0) is 37.8 Å². The maximum atomic E-state index is 13.8. The third kappa shape index (κ3) is 2.98. The zero-order chi connectivity index (χ0) is 19.1. The van der Waals surface area contributed by atoms with Crippen molar-refractivity contribution in [2.75, 3.05) is 24.5 Å². The predicted octanol–water partition coefficient (Wildman–Crippen LogP) is 0.734. The lowest BCUT2D eigenvalue weighted by Gasteiger charge is -2.49. The van der Waals surface area contributed by atoms with Gasteiger partial charge in [-0.1, -0.05) is 6.92 Å². The molecule has 1 aliphatic carbocycles. The Labute approximate surface area is 151 Å². The Morgan fingerprint density at radius 1 is 1.46 bits per heavy atom. The number of anilines is 1. The quantitative estimate of drug-likeness (QED) is 0.778. The van der Waals surface area contributed by atoms with Crippen LogP contribution in [0.3, 0.4) is 0 Å². The number of hydrogen-bond donors (Lipinski definition) is 2. The molecule has 2 aliphatic rings. The Bertz CT molecular complexity index is 807. The minimum Gasteiger partial charge on any atom is -0.369 e. The molecule has 1 aliphatic heterocycles. The molecule has 0 aromatic carbocycles. The first-order valence-electron chi connectivity index (χ1n) is 8.67. The van der Waals surface area contributed by atoms with E-state index in [1.54, 1.807) is 11.0 Å². The van der Waals surface area contributed by atoms with Crippen LogP contribution in [0, 0.1) is 23.7 Å². The summed E-state index contributed by atoms with van der Waals surface area (Å²) in [4.78, 5) is 30.1. The maximum absolute atomic E-state index is 13.8. The van der Waals surface area contributed by atoms with Crippen molar-refractivity contribution >= 4 is 17.6 Å². The van der Waals surface area contributed by atoms with Gasteiger partial charge in [0.05, 0.1) is 5.56 Å². The number of primary amides is 1. The van der Waals surface area contributed by atoms with E-state index in [2.05, 4.69) is 16.4 Å². The van der Waals surface area contributed by atoms with Crippen molar-refractivity contribution in [2.45, 2.75) is 38.8 Å². The van der Waals surface area contributed by atoms with Gasteiger partial charge in [0.1, 0.15) is 17.3 Å². The molecule has 0 radical (unpaired) electrons. The normalized spacial score (nSPS) is 19.2. The standard InChI is InChI=1S/C18H22FN5O2/c1-3-13-11(2)6-12(7-20)14(23-13)24-9-17(10-24,15(21)25)8-22-16(26)18(19)4-5-18/h6H,3-5,8-10H2,1-2H3,(H2,21,25)(H,22,26). The Morgan fingerprint density at radius 2 is 2.12 bits per heavy atom. The molecule has 1 aromatic rings. The number of hydrogen-bond acceptors (Lipinski definition) is 5. The first-order chi connectivity index (χ1) is 12.2. The summed E-state index contributed by atoms with van der Waals surface area (Å²) in [6.45, 7) is 4.33. The molecule has 26 heavy (non-hydrogen) atoms. The van der Waals surface area contributed by atoms with Crippen LogP contribution in [0.5, 0.6) is 0 Å². The van der Waals surface area contributed by atoms with E-state index in [0.717, 1.165) is 17.7 Å². The molecular weight excluding hydrogens is 337 g/mol. The van der Waals surface area contributed by atoms with Gasteiger partial charge in [0.25, 0.3) is 5.91 Å². The van der Waals surface area contributed by atoms with Crippen molar-refractivity contribution in [1.29, 1.82) is 5.26 Å². The van der Waals surface area contributed by atoms with Crippen molar-refractivity contribution in [3.05, 3.63) is 22.9 Å². The average Bonchev–Trinajstić information content (AvgIpc) is 3.32. The fourth-order valence-electron chi connectivity index (χ4n) is 3.26. The van der Waals surface area contributed by atoms with Crippen molar-refractivity contribution in [3.8, 4) is 6.07 Å². The number of aromatic nitrogens is 1. The number of nitriles is 1. The van der Waals surface area contributed by atoms with Crippen LogP contribution in [0.15, 0.2) is 6.07 Å². The number of carbonyl (C=O) groups is 2. The third-order valence-electron chi connectivity index (χ3n) is 5.25. The molecule has 3 rings (SSSR count). The third-order valence-corrected chi connectivity index (χ3v) is 5.25. The first-order valence-corrected chi connectivity index (χ1v) is 8.67. The van der Waals surface area contributed by atoms with Gasteiger partial charge in [-0.25, -0.2) is 9.37 Å². The lowest BCUT2D eigenvalue weighted by Crippen LogP contribution is -2.67. The molecule has 3 N–H and O–H groups in total. The number of alkyl halides is 1. The number of carbonyl (C=O) groups excluding carboxylic acids is 2. The second-order valence-corrected chi connectivity index (χ2v) is 7.24. The van der Waals surface area contributed by atoms with Gasteiger partial charge >= 0.3 is 0 Å². The number of rotatable bonds is 6. The van der Waals surface area contributed by atoms with E-state index >= 15 is 0 Å². The van der Waals surface area contributed by atoms with Crippen LogP contribution < -0.4 is 16.0 Å². The average molecular weight is 359 g/mol. The van der Waals surface area contributed by atoms with Crippen LogP contribution >= 0.6 is 0 Å². The van der Waals surface area contributed by atoms with Crippen molar-refractivity contribution < 1.29 is 14.0 Å². The number of pyridine rings is 1. The molecule has 0 spiro atoms. The number of amides is 2. The minimum absolute atomic E-state index is 0.0162. The minimum atomic E-state index is -1.79. The first kappa shape index (κ1) is 18.1. The van der Waals surface area contributed by atoms with Gasteiger partial charge in [0.2, 0.25) is 5.91 Å². The molecule has 1 aromatic heterocycles. The molecule has 2 fully saturated rings. The van der Waals surface area contributed by atoms with Gasteiger partial charge < -0.3 is 16.0 Å². The summed E-state index contributed by atoms with van der Waals surface area (Å²) in [7, 11) is 0. The number of aryl methyl sites for hydroxylation is 2. The van der Waals surface area contributed by atoms with E-state index in [9.17, 15) is 19.2 Å². The molecule has 1 saturated heterocycles. The SMILES string of the molecule is CCc1nc(N2CC(CNC(=O)C3(F)CC3)(C(N)=O)C2)c(C#N)cc1C. The number of nitrogens with zero attached hydrogens (tertiary/aromatic N) is 3.